The molecule has 1 heterocycles. The van der Waals surface area contributed by atoms with Gasteiger partial charge in [0.05, 0.1) is 6.61 Å². The number of hydrogen-bond donors (Lipinski definition) is 2. The smallest absolute Gasteiger partial charge is 0.318 e. The second kappa shape index (κ2) is 11.0. The third kappa shape index (κ3) is 6.73. The summed E-state index contributed by atoms with van der Waals surface area (Å²) in [4.78, 5) is 15.0. The van der Waals surface area contributed by atoms with Gasteiger partial charge in [-0.15, -0.1) is 0 Å². The lowest BCUT2D eigenvalue weighted by molar-refractivity contribution is 0.154. The van der Waals surface area contributed by atoms with Gasteiger partial charge in [0.1, 0.15) is 11.6 Å². The molecule has 0 aromatic heterocycles. The first-order valence-corrected chi connectivity index (χ1v) is 10.7. The molecule has 0 unspecified atom stereocenters. The number of halogens is 1. The van der Waals surface area contributed by atoms with Crippen LogP contribution in [0.5, 0.6) is 5.75 Å². The van der Waals surface area contributed by atoms with Gasteiger partial charge in [-0.25, -0.2) is 9.18 Å². The lowest BCUT2D eigenvalue weighted by atomic mass is 10.0. The summed E-state index contributed by atoms with van der Waals surface area (Å²) < 4.78 is 18.9. The fraction of sp³-hybridized carbons (Fsp3) is 0.458. The molecular formula is C24H32FN3O2. The van der Waals surface area contributed by atoms with Crippen molar-refractivity contribution in [1.29, 1.82) is 0 Å². The molecule has 162 valence electrons. The summed E-state index contributed by atoms with van der Waals surface area (Å²) in [5.41, 5.74) is 1.95. The highest BCUT2D eigenvalue weighted by molar-refractivity contribution is 5.74. The number of rotatable bonds is 8. The van der Waals surface area contributed by atoms with Crippen molar-refractivity contribution in [2.24, 2.45) is 5.92 Å². The van der Waals surface area contributed by atoms with Gasteiger partial charge in [0.25, 0.3) is 0 Å². The van der Waals surface area contributed by atoms with E-state index in [2.05, 4.69) is 24.5 Å². The van der Waals surface area contributed by atoms with Crippen LogP contribution in [0.1, 0.15) is 37.8 Å². The molecule has 5 nitrogen and oxygen atoms in total. The molecule has 0 aliphatic carbocycles. The molecule has 6 heteroatoms. The number of benzene rings is 2. The van der Waals surface area contributed by atoms with Crippen molar-refractivity contribution >= 4 is 6.03 Å². The fourth-order valence-corrected chi connectivity index (χ4v) is 3.52. The number of ether oxygens (including phenoxy) is 1. The van der Waals surface area contributed by atoms with Crippen molar-refractivity contribution in [3.05, 3.63) is 65.5 Å². The summed E-state index contributed by atoms with van der Waals surface area (Å²) in [6.45, 7) is 7.67. The molecule has 2 amide bonds. The summed E-state index contributed by atoms with van der Waals surface area (Å²) >= 11 is 0. The van der Waals surface area contributed by atoms with Crippen LogP contribution in [0.25, 0.3) is 0 Å². The maximum Gasteiger partial charge on any atom is 0.318 e. The minimum Gasteiger partial charge on any atom is -0.493 e. The molecule has 1 saturated heterocycles. The molecule has 0 saturated carbocycles. The van der Waals surface area contributed by atoms with E-state index in [9.17, 15) is 9.18 Å². The van der Waals surface area contributed by atoms with Crippen molar-refractivity contribution in [2.75, 3.05) is 19.7 Å². The van der Waals surface area contributed by atoms with Crippen molar-refractivity contribution < 1.29 is 13.9 Å². The third-order valence-corrected chi connectivity index (χ3v) is 5.23. The average Bonchev–Trinajstić information content (AvgIpc) is 2.77. The van der Waals surface area contributed by atoms with E-state index in [0.717, 1.165) is 42.8 Å². The highest BCUT2D eigenvalue weighted by atomic mass is 19.1. The molecule has 2 aromatic rings. The molecule has 2 aromatic carbocycles. The number of nitrogens with one attached hydrogen (secondary N) is 2. The van der Waals surface area contributed by atoms with Gasteiger partial charge in [0.15, 0.2) is 0 Å². The Morgan fingerprint density at radius 3 is 2.37 bits per heavy atom. The van der Waals surface area contributed by atoms with Crippen molar-refractivity contribution in [3.8, 4) is 5.75 Å². The summed E-state index contributed by atoms with van der Waals surface area (Å²) in [6.07, 6.45) is 1.86. The molecule has 3 rings (SSSR count). The maximum atomic E-state index is 13.1. The van der Waals surface area contributed by atoms with Crippen LogP contribution < -0.4 is 15.4 Å². The lowest BCUT2D eigenvalue weighted by Gasteiger charge is -2.35. The van der Waals surface area contributed by atoms with Gasteiger partial charge in [-0.3, -0.25) is 0 Å². The van der Waals surface area contributed by atoms with E-state index in [-0.39, 0.29) is 17.9 Å². The SMILES string of the molecule is CC(C)COc1ccc(CN(C(=O)NCc2ccc(F)cc2)C2CCNCC2)cc1. The van der Waals surface area contributed by atoms with Gasteiger partial charge in [-0.2, -0.15) is 0 Å². The Morgan fingerprint density at radius 2 is 1.73 bits per heavy atom. The zero-order chi connectivity index (χ0) is 21.3. The molecule has 1 fully saturated rings. The molecular weight excluding hydrogens is 381 g/mol. The van der Waals surface area contributed by atoms with Crippen LogP contribution in [0.2, 0.25) is 0 Å². The van der Waals surface area contributed by atoms with Gasteiger partial charge in [0, 0.05) is 19.1 Å². The zero-order valence-electron chi connectivity index (χ0n) is 17.9. The highest BCUT2D eigenvalue weighted by Gasteiger charge is 2.25. The molecule has 1 aliphatic heterocycles. The summed E-state index contributed by atoms with van der Waals surface area (Å²) in [5.74, 6) is 1.05. The Labute approximate surface area is 178 Å². The van der Waals surface area contributed by atoms with E-state index in [4.69, 9.17) is 4.74 Å². The van der Waals surface area contributed by atoms with Crippen LogP contribution in [0, 0.1) is 11.7 Å². The Kier molecular flexibility index (Phi) is 8.08. The number of carbonyl (C=O) groups is 1. The first-order valence-electron chi connectivity index (χ1n) is 10.7. The Bertz CT molecular complexity index is 787. The molecule has 30 heavy (non-hydrogen) atoms. The summed E-state index contributed by atoms with van der Waals surface area (Å²) in [5, 5.41) is 6.36. The maximum absolute atomic E-state index is 13.1. The van der Waals surface area contributed by atoms with Crippen LogP contribution in [0.3, 0.4) is 0 Å². The number of hydrogen-bond acceptors (Lipinski definition) is 3. The van der Waals surface area contributed by atoms with Gasteiger partial charge in [-0.1, -0.05) is 38.1 Å². The molecule has 2 N–H and O–H groups in total. The Balaban J connectivity index is 1.64. The van der Waals surface area contributed by atoms with Crippen LogP contribution >= 0.6 is 0 Å². The first kappa shape index (κ1) is 22.1. The zero-order valence-corrected chi connectivity index (χ0v) is 17.9. The van der Waals surface area contributed by atoms with E-state index < -0.39 is 0 Å². The topological polar surface area (TPSA) is 53.6 Å². The van der Waals surface area contributed by atoms with Gasteiger partial charge < -0.3 is 20.3 Å². The minimum atomic E-state index is -0.276. The van der Waals surface area contributed by atoms with Crippen molar-refractivity contribution in [1.82, 2.24) is 15.5 Å². The largest absolute Gasteiger partial charge is 0.493 e. The molecule has 0 bridgehead atoms. The highest BCUT2D eigenvalue weighted by Crippen LogP contribution is 2.19. The molecule has 1 aliphatic rings. The van der Waals surface area contributed by atoms with E-state index in [1.807, 2.05) is 29.2 Å². The minimum absolute atomic E-state index is 0.0913. The molecule has 0 atom stereocenters. The van der Waals surface area contributed by atoms with Gasteiger partial charge in [0.2, 0.25) is 0 Å². The number of piperidine rings is 1. The average molecular weight is 414 g/mol. The van der Waals surface area contributed by atoms with E-state index in [1.165, 1.54) is 12.1 Å². The standard InChI is InChI=1S/C24H32FN3O2/c1-18(2)17-30-23-9-5-20(6-10-23)16-28(22-11-13-26-14-12-22)24(29)27-15-19-3-7-21(25)8-4-19/h3-10,18,22,26H,11-17H2,1-2H3,(H,27,29). The number of amides is 2. The van der Waals surface area contributed by atoms with Gasteiger partial charge in [-0.05, 0) is 67.2 Å². The predicted octanol–water partition coefficient (Wildman–Crippen LogP) is 4.32. The quantitative estimate of drug-likeness (QED) is 0.678. The van der Waals surface area contributed by atoms with E-state index >= 15 is 0 Å². The van der Waals surface area contributed by atoms with Crippen LogP contribution in [-0.4, -0.2) is 36.7 Å². The van der Waals surface area contributed by atoms with Crippen molar-refractivity contribution in [2.45, 2.75) is 45.8 Å². The predicted molar refractivity (Wildman–Crippen MR) is 117 cm³/mol. The first-order chi connectivity index (χ1) is 14.5. The second-order valence-corrected chi connectivity index (χ2v) is 8.24. The van der Waals surface area contributed by atoms with Gasteiger partial charge >= 0.3 is 6.03 Å². The van der Waals surface area contributed by atoms with E-state index in [1.54, 1.807) is 12.1 Å². The van der Waals surface area contributed by atoms with E-state index in [0.29, 0.717) is 25.6 Å². The second-order valence-electron chi connectivity index (χ2n) is 8.24. The van der Waals surface area contributed by atoms with Crippen molar-refractivity contribution in [3.63, 3.8) is 0 Å². The molecule has 0 spiro atoms. The normalized spacial score (nSPS) is 14.5. The fourth-order valence-electron chi connectivity index (χ4n) is 3.52. The summed E-state index contributed by atoms with van der Waals surface area (Å²) in [7, 11) is 0. The monoisotopic (exact) mass is 413 g/mol. The molecule has 0 radical (unpaired) electrons. The number of carbonyl (C=O) groups excluding carboxylic acids is 1. The Hall–Kier alpha value is -2.60. The summed E-state index contributed by atoms with van der Waals surface area (Å²) in [6, 6.07) is 14.3. The van der Waals surface area contributed by atoms with Crippen LogP contribution in [-0.2, 0) is 13.1 Å². The third-order valence-electron chi connectivity index (χ3n) is 5.23. The van der Waals surface area contributed by atoms with Crippen LogP contribution in [0.4, 0.5) is 9.18 Å². The Morgan fingerprint density at radius 1 is 1.10 bits per heavy atom. The number of urea groups is 1. The number of nitrogens with zero attached hydrogens (tertiary/aromatic N) is 1. The lowest BCUT2D eigenvalue weighted by Crippen LogP contribution is -2.49. The van der Waals surface area contributed by atoms with Crippen LogP contribution in [0.15, 0.2) is 48.5 Å².